The highest BCUT2D eigenvalue weighted by molar-refractivity contribution is 5.99. The van der Waals surface area contributed by atoms with E-state index in [0.29, 0.717) is 11.1 Å². The molecule has 5 nitrogen and oxygen atoms in total. The minimum atomic E-state index is -0.327. The zero-order valence-corrected chi connectivity index (χ0v) is 11.0. The quantitative estimate of drug-likeness (QED) is 0.647. The Morgan fingerprint density at radius 3 is 2.63 bits per heavy atom. The van der Waals surface area contributed by atoms with Crippen molar-refractivity contribution in [3.63, 3.8) is 0 Å². The first kappa shape index (κ1) is 13.0. The van der Waals surface area contributed by atoms with Crippen LogP contribution in [-0.2, 0) is 6.42 Å². The number of aryl methyl sites for hydroxylation is 2. The van der Waals surface area contributed by atoms with E-state index in [4.69, 9.17) is 5.73 Å². The lowest BCUT2D eigenvalue weighted by atomic mass is 10.1. The summed E-state index contributed by atoms with van der Waals surface area (Å²) in [5, 5.41) is 6.07. The number of aliphatic imine (C=N–C) groups is 1. The molecule has 5 heteroatoms. The van der Waals surface area contributed by atoms with E-state index in [1.807, 2.05) is 24.3 Å². The molecule has 0 saturated carbocycles. The van der Waals surface area contributed by atoms with Crippen LogP contribution >= 0.6 is 0 Å². The van der Waals surface area contributed by atoms with Gasteiger partial charge in [-0.05, 0) is 36.6 Å². The molecule has 19 heavy (non-hydrogen) atoms. The molecular weight excluding hydrogens is 240 g/mol. The van der Waals surface area contributed by atoms with Crippen molar-refractivity contribution in [2.45, 2.75) is 20.3 Å². The maximum atomic E-state index is 11.7. The van der Waals surface area contributed by atoms with E-state index in [0.717, 1.165) is 12.1 Å². The molecule has 0 fully saturated rings. The van der Waals surface area contributed by atoms with Crippen LogP contribution < -0.4 is 11.3 Å². The molecule has 2 aromatic rings. The topological polar surface area (TPSA) is 84.1 Å². The number of rotatable bonds is 3. The van der Waals surface area contributed by atoms with E-state index in [1.54, 1.807) is 13.1 Å². The number of hydrogen-bond donors (Lipinski definition) is 2. The molecule has 0 aliphatic heterocycles. The Bertz CT molecular complexity index is 656. The van der Waals surface area contributed by atoms with Gasteiger partial charge in [-0.15, -0.1) is 0 Å². The van der Waals surface area contributed by atoms with Crippen molar-refractivity contribution in [3.05, 3.63) is 57.5 Å². The smallest absolute Gasteiger partial charge is 0.275 e. The van der Waals surface area contributed by atoms with Crippen LogP contribution in [0.15, 0.2) is 40.2 Å². The molecule has 0 aliphatic rings. The van der Waals surface area contributed by atoms with Gasteiger partial charge in [0.05, 0.1) is 17.4 Å². The Hall–Kier alpha value is -2.43. The summed E-state index contributed by atoms with van der Waals surface area (Å²) in [6.45, 7) is 3.87. The number of aromatic amines is 1. The van der Waals surface area contributed by atoms with E-state index in [1.165, 1.54) is 5.56 Å². The summed E-state index contributed by atoms with van der Waals surface area (Å²) < 4.78 is 0. The summed E-state index contributed by atoms with van der Waals surface area (Å²) in [5.41, 5.74) is 8.61. The fourth-order valence-electron chi connectivity index (χ4n) is 1.81. The van der Waals surface area contributed by atoms with E-state index in [9.17, 15) is 4.79 Å². The normalized spacial score (nSPS) is 11.6. The summed E-state index contributed by atoms with van der Waals surface area (Å²) in [4.78, 5) is 16.0. The van der Waals surface area contributed by atoms with E-state index >= 15 is 0 Å². The molecule has 0 amide bonds. The molecule has 0 unspecified atom stereocenters. The molecule has 3 N–H and O–H groups in total. The van der Waals surface area contributed by atoms with Gasteiger partial charge in [0.15, 0.2) is 0 Å². The number of aromatic nitrogens is 2. The van der Waals surface area contributed by atoms with Crippen molar-refractivity contribution >= 4 is 11.5 Å². The second-order valence-corrected chi connectivity index (χ2v) is 4.27. The van der Waals surface area contributed by atoms with Gasteiger partial charge in [-0.3, -0.25) is 4.79 Å². The Morgan fingerprint density at radius 1 is 1.37 bits per heavy atom. The molecule has 0 bridgehead atoms. The predicted octanol–water partition coefficient (Wildman–Crippen LogP) is 1.68. The Balaban J connectivity index is 2.39. The van der Waals surface area contributed by atoms with Crippen LogP contribution in [-0.4, -0.2) is 16.0 Å². The predicted molar refractivity (Wildman–Crippen MR) is 75.8 cm³/mol. The third-order valence-electron chi connectivity index (χ3n) is 2.90. The Labute approximate surface area is 111 Å². The number of H-pyrrole nitrogens is 1. The zero-order chi connectivity index (χ0) is 13.8. The first-order valence-corrected chi connectivity index (χ1v) is 6.09. The van der Waals surface area contributed by atoms with Crippen molar-refractivity contribution in [3.8, 4) is 0 Å². The van der Waals surface area contributed by atoms with E-state index in [2.05, 4.69) is 22.1 Å². The van der Waals surface area contributed by atoms with Crippen LogP contribution in [0.5, 0.6) is 0 Å². The van der Waals surface area contributed by atoms with Gasteiger partial charge < -0.3 is 5.73 Å². The van der Waals surface area contributed by atoms with Crippen molar-refractivity contribution in [1.29, 1.82) is 0 Å². The molecule has 98 valence electrons. The molecule has 0 aliphatic carbocycles. The molecule has 0 radical (unpaired) electrons. The second kappa shape index (κ2) is 5.48. The summed E-state index contributed by atoms with van der Waals surface area (Å²) >= 11 is 0. The first-order valence-electron chi connectivity index (χ1n) is 6.09. The van der Waals surface area contributed by atoms with Gasteiger partial charge in [0.2, 0.25) is 0 Å². The number of nitrogens with one attached hydrogen (secondary N) is 1. The van der Waals surface area contributed by atoms with Crippen molar-refractivity contribution in [2.75, 3.05) is 0 Å². The third-order valence-corrected chi connectivity index (χ3v) is 2.90. The average molecular weight is 256 g/mol. The van der Waals surface area contributed by atoms with Crippen LogP contribution in [0.1, 0.15) is 23.6 Å². The van der Waals surface area contributed by atoms with Gasteiger partial charge in [-0.1, -0.05) is 19.1 Å². The number of hydrogen-bond acceptors (Lipinski definition) is 3. The fourth-order valence-corrected chi connectivity index (χ4v) is 1.81. The highest BCUT2D eigenvalue weighted by atomic mass is 16.1. The van der Waals surface area contributed by atoms with Gasteiger partial charge in [-0.2, -0.15) is 5.10 Å². The SMILES string of the molecule is CCc1ccc(N=C(N)c2c(C)cn[nH]c2=O)cc1. The van der Waals surface area contributed by atoms with Crippen molar-refractivity contribution in [1.82, 2.24) is 10.2 Å². The summed E-state index contributed by atoms with van der Waals surface area (Å²) in [7, 11) is 0. The molecule has 0 spiro atoms. The van der Waals surface area contributed by atoms with E-state index < -0.39 is 0 Å². The van der Waals surface area contributed by atoms with Gasteiger partial charge in [0.25, 0.3) is 5.56 Å². The van der Waals surface area contributed by atoms with Crippen molar-refractivity contribution < 1.29 is 0 Å². The lowest BCUT2D eigenvalue weighted by Crippen LogP contribution is -2.26. The van der Waals surface area contributed by atoms with Crippen LogP contribution in [0.25, 0.3) is 0 Å². The highest BCUT2D eigenvalue weighted by Crippen LogP contribution is 2.14. The second-order valence-electron chi connectivity index (χ2n) is 4.27. The van der Waals surface area contributed by atoms with E-state index in [-0.39, 0.29) is 11.4 Å². The van der Waals surface area contributed by atoms with Gasteiger partial charge >= 0.3 is 0 Å². The first-order chi connectivity index (χ1) is 9.11. The number of amidine groups is 1. The average Bonchev–Trinajstić information content (AvgIpc) is 2.39. The number of benzene rings is 1. The maximum absolute atomic E-state index is 11.7. The lowest BCUT2D eigenvalue weighted by Gasteiger charge is -2.03. The molecule has 2 rings (SSSR count). The van der Waals surface area contributed by atoms with Gasteiger partial charge in [0, 0.05) is 0 Å². The van der Waals surface area contributed by atoms with Crippen LogP contribution in [0.3, 0.4) is 0 Å². The molecule has 1 aromatic heterocycles. The Kier molecular flexibility index (Phi) is 3.75. The monoisotopic (exact) mass is 256 g/mol. The molecular formula is C14H16N4O. The maximum Gasteiger partial charge on any atom is 0.275 e. The standard InChI is InChI=1S/C14H16N4O/c1-3-10-4-6-11(7-5-10)17-13(15)12-9(2)8-16-18-14(12)19/h4-8H,3H2,1-2H3,(H2,15,17)(H,18,19). The molecule has 0 saturated heterocycles. The van der Waals surface area contributed by atoms with Crippen LogP contribution in [0.2, 0.25) is 0 Å². The van der Waals surface area contributed by atoms with Crippen LogP contribution in [0, 0.1) is 6.92 Å². The highest BCUT2D eigenvalue weighted by Gasteiger charge is 2.08. The summed E-state index contributed by atoms with van der Waals surface area (Å²) in [6, 6.07) is 7.76. The van der Waals surface area contributed by atoms with Crippen molar-refractivity contribution in [2.24, 2.45) is 10.7 Å². The van der Waals surface area contributed by atoms with Gasteiger partial charge in [0.1, 0.15) is 5.84 Å². The summed E-state index contributed by atoms with van der Waals surface area (Å²) in [6.07, 6.45) is 2.53. The Morgan fingerprint density at radius 2 is 2.05 bits per heavy atom. The number of nitrogens with zero attached hydrogens (tertiary/aromatic N) is 2. The number of nitrogens with two attached hydrogens (primary N) is 1. The third kappa shape index (κ3) is 2.88. The lowest BCUT2D eigenvalue weighted by molar-refractivity contribution is 0.966. The largest absolute Gasteiger partial charge is 0.383 e. The molecule has 1 aromatic carbocycles. The molecule has 1 heterocycles. The van der Waals surface area contributed by atoms with Crippen LogP contribution in [0.4, 0.5) is 5.69 Å². The molecule has 0 atom stereocenters. The minimum Gasteiger partial charge on any atom is -0.383 e. The zero-order valence-electron chi connectivity index (χ0n) is 11.0. The van der Waals surface area contributed by atoms with Gasteiger partial charge in [-0.25, -0.2) is 10.1 Å². The fraction of sp³-hybridized carbons (Fsp3) is 0.214. The minimum absolute atomic E-state index is 0.199. The summed E-state index contributed by atoms with van der Waals surface area (Å²) in [5.74, 6) is 0.199.